The topological polar surface area (TPSA) is 127 Å². The Balaban J connectivity index is 3.21. The smallest absolute Gasteiger partial charge is 0.332 e. The fourth-order valence-electron chi connectivity index (χ4n) is 1.92. The second kappa shape index (κ2) is 6.00. The van der Waals surface area contributed by atoms with Gasteiger partial charge in [0.05, 0.1) is 4.92 Å². The second-order valence-electron chi connectivity index (χ2n) is 5.70. The molecule has 0 spiro atoms. The average Bonchev–Trinajstić information content (AvgIpc) is 2.25. The molecular formula is C12H21N5O3. The van der Waals surface area contributed by atoms with Gasteiger partial charge in [0.2, 0.25) is 11.8 Å². The number of aryl methyl sites for hydroxylation is 1. The van der Waals surface area contributed by atoms with Crippen molar-refractivity contribution in [1.29, 1.82) is 0 Å². The van der Waals surface area contributed by atoms with E-state index in [2.05, 4.69) is 15.3 Å². The lowest BCUT2D eigenvalue weighted by atomic mass is 9.85. The van der Waals surface area contributed by atoms with Crippen LogP contribution in [0.4, 0.5) is 17.5 Å². The van der Waals surface area contributed by atoms with Crippen LogP contribution in [-0.2, 0) is 0 Å². The first-order chi connectivity index (χ1) is 9.16. The minimum Gasteiger partial charge on any atom is -0.396 e. The van der Waals surface area contributed by atoms with E-state index in [0.717, 1.165) is 0 Å². The predicted octanol–water partition coefficient (Wildman–Crippen LogP) is 1.48. The number of rotatable bonds is 5. The molecule has 0 saturated carbocycles. The van der Waals surface area contributed by atoms with Gasteiger partial charge in [-0.15, -0.1) is 0 Å². The summed E-state index contributed by atoms with van der Waals surface area (Å²) in [5.74, 6) is 0.0700. The summed E-state index contributed by atoms with van der Waals surface area (Å²) in [7, 11) is 0. The van der Waals surface area contributed by atoms with Crippen LogP contribution in [0.15, 0.2) is 0 Å². The number of anilines is 2. The SMILES string of the molecule is Cc1nc(N)nc(NC(CCO)C(C)(C)C)c1[N+](=O)[O-]. The van der Waals surface area contributed by atoms with Gasteiger partial charge < -0.3 is 16.2 Å². The molecule has 0 radical (unpaired) electrons. The van der Waals surface area contributed by atoms with Gasteiger partial charge in [0.1, 0.15) is 5.69 Å². The number of aliphatic hydroxyl groups is 1. The molecule has 0 bridgehead atoms. The Kier molecular flexibility index (Phi) is 4.83. The maximum absolute atomic E-state index is 11.1. The molecule has 0 amide bonds. The first kappa shape index (κ1) is 16.1. The summed E-state index contributed by atoms with van der Waals surface area (Å²) in [6.45, 7) is 7.42. The molecule has 1 atom stereocenters. The van der Waals surface area contributed by atoms with Crippen molar-refractivity contribution in [1.82, 2.24) is 9.97 Å². The number of nitrogens with one attached hydrogen (secondary N) is 1. The number of nitro groups is 1. The molecular weight excluding hydrogens is 262 g/mol. The third-order valence-corrected chi connectivity index (χ3v) is 3.03. The minimum absolute atomic E-state index is 0.0211. The van der Waals surface area contributed by atoms with Gasteiger partial charge >= 0.3 is 5.69 Å². The maximum atomic E-state index is 11.1. The molecule has 0 aromatic carbocycles. The van der Waals surface area contributed by atoms with Crippen LogP contribution in [0.2, 0.25) is 0 Å². The largest absolute Gasteiger partial charge is 0.396 e. The zero-order valence-corrected chi connectivity index (χ0v) is 12.2. The van der Waals surface area contributed by atoms with E-state index in [4.69, 9.17) is 10.8 Å². The molecule has 1 aromatic rings. The Morgan fingerprint density at radius 2 is 2.05 bits per heavy atom. The molecule has 0 aliphatic heterocycles. The summed E-state index contributed by atoms with van der Waals surface area (Å²) in [6.07, 6.45) is 0.448. The Bertz CT molecular complexity index is 499. The predicted molar refractivity (Wildman–Crippen MR) is 76.4 cm³/mol. The fraction of sp³-hybridized carbons (Fsp3) is 0.667. The number of nitrogens with zero attached hydrogens (tertiary/aromatic N) is 3. The Hall–Kier alpha value is -1.96. The van der Waals surface area contributed by atoms with E-state index >= 15 is 0 Å². The first-order valence-electron chi connectivity index (χ1n) is 6.32. The van der Waals surface area contributed by atoms with Crippen LogP contribution in [0, 0.1) is 22.5 Å². The van der Waals surface area contributed by atoms with Crippen molar-refractivity contribution in [2.24, 2.45) is 5.41 Å². The molecule has 4 N–H and O–H groups in total. The summed E-state index contributed by atoms with van der Waals surface area (Å²) in [6, 6.07) is -0.181. The van der Waals surface area contributed by atoms with E-state index in [1.54, 1.807) is 0 Å². The highest BCUT2D eigenvalue weighted by Gasteiger charge is 2.29. The van der Waals surface area contributed by atoms with Crippen LogP contribution in [0.25, 0.3) is 0 Å². The lowest BCUT2D eigenvalue weighted by Crippen LogP contribution is -2.35. The maximum Gasteiger partial charge on any atom is 0.332 e. The molecule has 112 valence electrons. The molecule has 1 heterocycles. The quantitative estimate of drug-likeness (QED) is 0.551. The number of aliphatic hydroxyl groups excluding tert-OH is 1. The Morgan fingerprint density at radius 3 is 2.50 bits per heavy atom. The van der Waals surface area contributed by atoms with Crippen molar-refractivity contribution >= 4 is 17.5 Å². The van der Waals surface area contributed by atoms with Crippen LogP contribution < -0.4 is 11.1 Å². The highest BCUT2D eigenvalue weighted by atomic mass is 16.6. The van der Waals surface area contributed by atoms with Crippen molar-refractivity contribution in [2.45, 2.75) is 40.2 Å². The molecule has 0 saturated heterocycles. The Labute approximate surface area is 117 Å². The molecule has 8 nitrogen and oxygen atoms in total. The van der Waals surface area contributed by atoms with Crippen LogP contribution >= 0.6 is 0 Å². The number of nitrogens with two attached hydrogens (primary N) is 1. The lowest BCUT2D eigenvalue weighted by Gasteiger charge is -2.31. The molecule has 0 fully saturated rings. The molecule has 1 unspecified atom stereocenters. The van der Waals surface area contributed by atoms with Gasteiger partial charge in [0, 0.05) is 12.6 Å². The van der Waals surface area contributed by atoms with E-state index in [0.29, 0.717) is 6.42 Å². The average molecular weight is 283 g/mol. The standard InChI is InChI=1S/C12H21N5O3/c1-7-9(17(19)20)10(16-11(13)14-7)15-8(5-6-18)12(2,3)4/h8,18H,5-6H2,1-4H3,(H3,13,14,15,16). The minimum atomic E-state index is -0.532. The fourth-order valence-corrected chi connectivity index (χ4v) is 1.92. The van der Waals surface area contributed by atoms with Crippen molar-refractivity contribution in [3.05, 3.63) is 15.8 Å². The van der Waals surface area contributed by atoms with E-state index in [1.165, 1.54) is 6.92 Å². The molecule has 1 aromatic heterocycles. The van der Waals surface area contributed by atoms with Gasteiger partial charge in [-0.2, -0.15) is 4.98 Å². The number of aromatic nitrogens is 2. The molecule has 20 heavy (non-hydrogen) atoms. The van der Waals surface area contributed by atoms with Crippen molar-refractivity contribution in [3.8, 4) is 0 Å². The summed E-state index contributed by atoms with van der Waals surface area (Å²) < 4.78 is 0. The summed E-state index contributed by atoms with van der Waals surface area (Å²) in [4.78, 5) is 18.3. The van der Waals surface area contributed by atoms with Crippen molar-refractivity contribution in [2.75, 3.05) is 17.7 Å². The third kappa shape index (κ3) is 3.77. The van der Waals surface area contributed by atoms with Gasteiger partial charge in [0.15, 0.2) is 0 Å². The lowest BCUT2D eigenvalue weighted by molar-refractivity contribution is -0.385. The summed E-state index contributed by atoms with van der Waals surface area (Å²) in [5, 5.41) is 23.3. The highest BCUT2D eigenvalue weighted by Crippen LogP contribution is 2.31. The zero-order valence-electron chi connectivity index (χ0n) is 12.2. The molecule has 0 aliphatic rings. The number of nitrogen functional groups attached to an aromatic ring is 1. The zero-order chi connectivity index (χ0) is 15.5. The van der Waals surface area contributed by atoms with Crippen LogP contribution in [0.3, 0.4) is 0 Å². The Morgan fingerprint density at radius 1 is 1.45 bits per heavy atom. The third-order valence-electron chi connectivity index (χ3n) is 3.03. The first-order valence-corrected chi connectivity index (χ1v) is 6.32. The van der Waals surface area contributed by atoms with Gasteiger partial charge in [-0.1, -0.05) is 20.8 Å². The van der Waals surface area contributed by atoms with Crippen molar-refractivity contribution in [3.63, 3.8) is 0 Å². The molecule has 1 rings (SSSR count). The van der Waals surface area contributed by atoms with Gasteiger partial charge in [-0.25, -0.2) is 4.98 Å². The second-order valence-corrected chi connectivity index (χ2v) is 5.70. The van der Waals surface area contributed by atoms with Crippen molar-refractivity contribution < 1.29 is 10.0 Å². The monoisotopic (exact) mass is 283 g/mol. The highest BCUT2D eigenvalue weighted by molar-refractivity contribution is 5.60. The van der Waals surface area contributed by atoms with E-state index in [9.17, 15) is 10.1 Å². The van der Waals surface area contributed by atoms with Gasteiger partial charge in [-0.3, -0.25) is 10.1 Å². The van der Waals surface area contributed by atoms with E-state index in [1.807, 2.05) is 20.8 Å². The number of hydrogen-bond acceptors (Lipinski definition) is 7. The molecule has 0 aliphatic carbocycles. The summed E-state index contributed by atoms with van der Waals surface area (Å²) in [5.41, 5.74) is 5.37. The van der Waals surface area contributed by atoms with E-state index in [-0.39, 0.29) is 41.2 Å². The van der Waals surface area contributed by atoms with E-state index < -0.39 is 4.92 Å². The van der Waals surface area contributed by atoms with Gasteiger partial charge in [0.25, 0.3) is 0 Å². The van der Waals surface area contributed by atoms with Crippen LogP contribution in [0.5, 0.6) is 0 Å². The van der Waals surface area contributed by atoms with Gasteiger partial charge in [-0.05, 0) is 18.8 Å². The summed E-state index contributed by atoms with van der Waals surface area (Å²) >= 11 is 0. The number of hydrogen-bond donors (Lipinski definition) is 3. The van der Waals surface area contributed by atoms with Crippen LogP contribution in [0.1, 0.15) is 32.9 Å². The van der Waals surface area contributed by atoms with Crippen LogP contribution in [-0.4, -0.2) is 32.6 Å². The molecule has 8 heteroatoms. The normalized spacial score (nSPS) is 13.1.